The first-order valence-electron chi connectivity index (χ1n) is 22.9. The van der Waals surface area contributed by atoms with Gasteiger partial charge in [0, 0.05) is 23.0 Å². The van der Waals surface area contributed by atoms with Gasteiger partial charge in [-0.1, -0.05) is 175 Å². The maximum atomic E-state index is 2.55. The zero-order valence-corrected chi connectivity index (χ0v) is 35.6. The van der Waals surface area contributed by atoms with E-state index in [-0.39, 0.29) is 5.92 Å². The molecule has 5 aliphatic carbocycles. The van der Waals surface area contributed by atoms with Gasteiger partial charge in [-0.15, -0.1) is 0 Å². The fraction of sp³-hybridized carbons (Fsp3) is 0.129. The van der Waals surface area contributed by atoms with Crippen LogP contribution >= 0.6 is 0 Å². The van der Waals surface area contributed by atoms with Crippen LogP contribution in [0, 0.1) is 0 Å². The number of benzene rings is 7. The standard InChI is InChI=1S/C62H49N/c1-4-14-42(15-5-1)45-28-32-52(33-29-45)63(53-34-30-46(31-35-53)43-16-6-2-7-17-43)54-38-50(44-18-8-3-9-19-44)37-51(39-54)57-23-13-25-59-58-24-12-22-56(61(58)41-62(57)59)49-27-26-48-36-47-20-10-11-21-55(47)60(48)40-49/h1,3-6,8-22,24-28,30-32,34-35,37-40,57H,2,7,23,29,33,36,41H2. The van der Waals surface area contributed by atoms with Crippen LogP contribution in [0.3, 0.4) is 0 Å². The second-order valence-corrected chi connectivity index (χ2v) is 17.8. The molecular weight excluding hydrogens is 759 g/mol. The summed E-state index contributed by atoms with van der Waals surface area (Å²) < 4.78 is 0. The van der Waals surface area contributed by atoms with Gasteiger partial charge in [-0.25, -0.2) is 0 Å². The van der Waals surface area contributed by atoms with Crippen LogP contribution in [0.15, 0.2) is 218 Å². The Balaban J connectivity index is 0.959. The molecule has 0 spiro atoms. The Labute approximate surface area is 372 Å². The molecule has 1 heteroatoms. The van der Waals surface area contributed by atoms with Crippen LogP contribution in [0.2, 0.25) is 0 Å². The van der Waals surface area contributed by atoms with Crippen LogP contribution in [0.4, 0.5) is 11.4 Å². The third kappa shape index (κ3) is 6.89. The Kier molecular flexibility index (Phi) is 9.48. The summed E-state index contributed by atoms with van der Waals surface area (Å²) in [5, 5.41) is 0. The van der Waals surface area contributed by atoms with E-state index in [0.29, 0.717) is 0 Å². The van der Waals surface area contributed by atoms with Gasteiger partial charge in [0.1, 0.15) is 0 Å². The Bertz CT molecular complexity index is 3110. The van der Waals surface area contributed by atoms with E-state index < -0.39 is 0 Å². The number of nitrogens with zero attached hydrogens (tertiary/aromatic N) is 1. The lowest BCUT2D eigenvalue weighted by molar-refractivity contribution is 0.783. The highest BCUT2D eigenvalue weighted by molar-refractivity contribution is 5.91. The van der Waals surface area contributed by atoms with Gasteiger partial charge in [0.25, 0.3) is 0 Å². The average Bonchev–Trinajstić information content (AvgIpc) is 3.94. The second kappa shape index (κ2) is 15.9. The molecule has 63 heavy (non-hydrogen) atoms. The zero-order chi connectivity index (χ0) is 41.7. The molecule has 0 saturated carbocycles. The van der Waals surface area contributed by atoms with Crippen LogP contribution < -0.4 is 4.90 Å². The SMILES string of the molecule is C1=CC(c2ccc(N(C3=CC=C(c4ccccc4)CC3)c3cc(-c4ccccc4)cc(C4CC=CC5=C4Cc4c5cccc4-c4ccc5c(c4)-c4ccccc4C5)c3)cc2)=CCC1. The molecule has 302 valence electrons. The van der Waals surface area contributed by atoms with E-state index in [2.05, 4.69) is 211 Å². The van der Waals surface area contributed by atoms with Gasteiger partial charge in [-0.05, 0) is 170 Å². The van der Waals surface area contributed by atoms with E-state index in [9.17, 15) is 0 Å². The Morgan fingerprint density at radius 2 is 1.22 bits per heavy atom. The Morgan fingerprint density at radius 1 is 0.460 bits per heavy atom. The monoisotopic (exact) mass is 807 g/mol. The molecule has 12 rings (SSSR count). The van der Waals surface area contributed by atoms with Gasteiger partial charge >= 0.3 is 0 Å². The molecule has 0 N–H and O–H groups in total. The Hall–Kier alpha value is -7.22. The third-order valence-corrected chi connectivity index (χ3v) is 14.1. The third-order valence-electron chi connectivity index (χ3n) is 14.1. The largest absolute Gasteiger partial charge is 0.314 e. The summed E-state index contributed by atoms with van der Waals surface area (Å²) in [6.45, 7) is 0. The van der Waals surface area contributed by atoms with Crippen molar-refractivity contribution in [2.75, 3.05) is 4.90 Å². The molecule has 1 nitrogen and oxygen atoms in total. The molecule has 0 aliphatic heterocycles. The number of rotatable bonds is 8. The van der Waals surface area contributed by atoms with E-state index in [0.717, 1.165) is 44.9 Å². The average molecular weight is 808 g/mol. The minimum absolute atomic E-state index is 0.263. The molecule has 0 aromatic heterocycles. The van der Waals surface area contributed by atoms with Crippen molar-refractivity contribution in [2.24, 2.45) is 0 Å². The predicted octanol–water partition coefficient (Wildman–Crippen LogP) is 16.3. The molecular formula is C62H49N. The van der Waals surface area contributed by atoms with Crippen molar-refractivity contribution in [2.45, 2.75) is 50.9 Å². The molecule has 0 heterocycles. The van der Waals surface area contributed by atoms with Crippen LogP contribution in [0.1, 0.15) is 77.0 Å². The number of hydrogen-bond acceptors (Lipinski definition) is 1. The molecule has 0 saturated heterocycles. The van der Waals surface area contributed by atoms with E-state index in [4.69, 9.17) is 0 Å². The van der Waals surface area contributed by atoms with Gasteiger partial charge in [0.15, 0.2) is 0 Å². The molecule has 0 amide bonds. The summed E-state index contributed by atoms with van der Waals surface area (Å²) in [4.78, 5) is 2.55. The van der Waals surface area contributed by atoms with E-state index in [1.54, 1.807) is 5.57 Å². The number of allylic oxidation sites excluding steroid dienone is 12. The minimum Gasteiger partial charge on any atom is -0.314 e. The molecule has 0 fully saturated rings. The van der Waals surface area contributed by atoms with Crippen LogP contribution in [0.25, 0.3) is 50.1 Å². The van der Waals surface area contributed by atoms with Crippen LogP contribution in [-0.4, -0.2) is 0 Å². The summed E-state index contributed by atoms with van der Waals surface area (Å²) >= 11 is 0. The van der Waals surface area contributed by atoms with Gasteiger partial charge in [-0.2, -0.15) is 0 Å². The summed E-state index contributed by atoms with van der Waals surface area (Å²) in [5.74, 6) is 0.263. The highest BCUT2D eigenvalue weighted by atomic mass is 15.1. The summed E-state index contributed by atoms with van der Waals surface area (Å²) in [7, 11) is 0. The molecule has 0 bridgehead atoms. The lowest BCUT2D eigenvalue weighted by Crippen LogP contribution is -2.19. The lowest BCUT2D eigenvalue weighted by atomic mass is 9.81. The van der Waals surface area contributed by atoms with Crippen molar-refractivity contribution in [3.8, 4) is 33.4 Å². The molecule has 1 unspecified atom stereocenters. The van der Waals surface area contributed by atoms with Gasteiger partial charge < -0.3 is 4.90 Å². The first-order chi connectivity index (χ1) is 31.2. The van der Waals surface area contributed by atoms with Crippen molar-refractivity contribution in [3.05, 3.63) is 257 Å². The molecule has 7 aromatic carbocycles. The first-order valence-corrected chi connectivity index (χ1v) is 22.9. The number of hydrogen-bond donors (Lipinski definition) is 0. The van der Waals surface area contributed by atoms with E-state index in [1.165, 1.54) is 106 Å². The lowest BCUT2D eigenvalue weighted by Gasteiger charge is -2.32. The first kappa shape index (κ1) is 37.5. The van der Waals surface area contributed by atoms with Crippen molar-refractivity contribution in [1.82, 2.24) is 0 Å². The van der Waals surface area contributed by atoms with Gasteiger partial charge in [0.2, 0.25) is 0 Å². The second-order valence-electron chi connectivity index (χ2n) is 17.8. The quantitative estimate of drug-likeness (QED) is 0.148. The van der Waals surface area contributed by atoms with Gasteiger partial charge in [-0.3, -0.25) is 0 Å². The number of fused-ring (bicyclic) bond motifs is 5. The normalized spacial score (nSPS) is 17.0. The Morgan fingerprint density at radius 3 is 2.03 bits per heavy atom. The molecule has 7 aromatic rings. The number of anilines is 2. The molecule has 1 atom stereocenters. The van der Waals surface area contributed by atoms with Crippen molar-refractivity contribution in [3.63, 3.8) is 0 Å². The fourth-order valence-corrected chi connectivity index (χ4v) is 10.9. The summed E-state index contributed by atoms with van der Waals surface area (Å²) in [6, 6.07) is 61.7. The predicted molar refractivity (Wildman–Crippen MR) is 266 cm³/mol. The molecule has 0 radical (unpaired) electrons. The molecule has 5 aliphatic rings. The van der Waals surface area contributed by atoms with Crippen LogP contribution in [0.5, 0.6) is 0 Å². The highest BCUT2D eigenvalue weighted by Crippen LogP contribution is 2.50. The summed E-state index contributed by atoms with van der Waals surface area (Å²) in [5.41, 5.74) is 27.0. The maximum Gasteiger partial charge on any atom is 0.0467 e. The van der Waals surface area contributed by atoms with E-state index >= 15 is 0 Å². The zero-order valence-electron chi connectivity index (χ0n) is 35.6. The summed E-state index contributed by atoms with van der Waals surface area (Å²) in [6.07, 6.45) is 23.6. The fourth-order valence-electron chi connectivity index (χ4n) is 10.9. The van der Waals surface area contributed by atoms with Crippen LogP contribution in [-0.2, 0) is 12.8 Å². The maximum absolute atomic E-state index is 2.55. The van der Waals surface area contributed by atoms with Crippen molar-refractivity contribution < 1.29 is 0 Å². The van der Waals surface area contributed by atoms with Gasteiger partial charge in [0.05, 0.1) is 0 Å². The van der Waals surface area contributed by atoms with Crippen molar-refractivity contribution >= 4 is 28.1 Å². The highest BCUT2D eigenvalue weighted by Gasteiger charge is 2.32. The topological polar surface area (TPSA) is 3.24 Å². The smallest absolute Gasteiger partial charge is 0.0467 e. The van der Waals surface area contributed by atoms with E-state index in [1.807, 2.05) is 0 Å². The minimum atomic E-state index is 0.263. The van der Waals surface area contributed by atoms with Crippen molar-refractivity contribution in [1.29, 1.82) is 0 Å².